The number of carbonyl (C=O) groups is 1. The van der Waals surface area contributed by atoms with Gasteiger partial charge in [-0.25, -0.2) is 9.48 Å². The smallest absolute Gasteiger partial charge is 0.360 e. The third-order valence-corrected chi connectivity index (χ3v) is 2.37. The highest BCUT2D eigenvalue weighted by Crippen LogP contribution is 2.17. The van der Waals surface area contributed by atoms with Crippen molar-refractivity contribution >= 4 is 5.97 Å². The first kappa shape index (κ1) is 10.7. The minimum Gasteiger partial charge on any atom is -0.464 e. The highest BCUT2D eigenvalue weighted by atomic mass is 16.5. The number of esters is 1. The monoisotopic (exact) mass is 197 g/mol. The Morgan fingerprint density at radius 2 is 2.29 bits per heavy atom. The van der Waals surface area contributed by atoms with Crippen LogP contribution in [0.4, 0.5) is 0 Å². The fraction of sp³-hybridized carbons (Fsp3) is 0.667. The molecule has 0 N–H and O–H groups in total. The summed E-state index contributed by atoms with van der Waals surface area (Å²) in [7, 11) is 1.33. The second kappa shape index (κ2) is 3.77. The van der Waals surface area contributed by atoms with Gasteiger partial charge in [0.25, 0.3) is 0 Å². The van der Waals surface area contributed by atoms with Crippen LogP contribution >= 0.6 is 0 Å². The van der Waals surface area contributed by atoms with Crippen molar-refractivity contribution in [3.05, 3.63) is 11.9 Å². The fourth-order valence-electron chi connectivity index (χ4n) is 0.920. The molecule has 0 aromatic carbocycles. The Kier molecular flexibility index (Phi) is 2.88. The number of ether oxygens (including phenoxy) is 1. The van der Waals surface area contributed by atoms with E-state index >= 15 is 0 Å². The molecule has 5 nitrogen and oxygen atoms in total. The zero-order chi connectivity index (χ0) is 10.8. The molecule has 1 heterocycles. The summed E-state index contributed by atoms with van der Waals surface area (Å²) in [5.74, 6) is -0.455. The van der Waals surface area contributed by atoms with Crippen LogP contribution in [0.2, 0.25) is 0 Å². The van der Waals surface area contributed by atoms with Crippen LogP contribution in [0.15, 0.2) is 6.20 Å². The van der Waals surface area contributed by atoms with Crippen LogP contribution in [0.3, 0.4) is 0 Å². The summed E-state index contributed by atoms with van der Waals surface area (Å²) >= 11 is 0. The van der Waals surface area contributed by atoms with Crippen molar-refractivity contribution in [1.29, 1.82) is 0 Å². The summed E-state index contributed by atoms with van der Waals surface area (Å²) in [4.78, 5) is 11.1. The Morgan fingerprint density at radius 3 is 2.79 bits per heavy atom. The van der Waals surface area contributed by atoms with E-state index in [2.05, 4.69) is 22.0 Å². The van der Waals surface area contributed by atoms with Crippen molar-refractivity contribution in [1.82, 2.24) is 15.0 Å². The zero-order valence-corrected chi connectivity index (χ0v) is 8.94. The largest absolute Gasteiger partial charge is 0.464 e. The summed E-state index contributed by atoms with van der Waals surface area (Å²) in [5.41, 5.74) is 0.119. The van der Waals surface area contributed by atoms with Crippen LogP contribution in [0, 0.1) is 0 Å². The van der Waals surface area contributed by atoms with Gasteiger partial charge in [-0.2, -0.15) is 0 Å². The molecule has 0 unspecified atom stereocenters. The van der Waals surface area contributed by atoms with Crippen molar-refractivity contribution < 1.29 is 9.53 Å². The molecular weight excluding hydrogens is 182 g/mol. The van der Waals surface area contributed by atoms with E-state index in [-0.39, 0.29) is 11.2 Å². The number of hydrogen-bond acceptors (Lipinski definition) is 4. The lowest BCUT2D eigenvalue weighted by Crippen LogP contribution is -2.25. The first-order valence-electron chi connectivity index (χ1n) is 4.52. The number of nitrogens with zero attached hydrogens (tertiary/aromatic N) is 3. The van der Waals surface area contributed by atoms with E-state index in [4.69, 9.17) is 0 Å². The van der Waals surface area contributed by atoms with Crippen LogP contribution in [0.1, 0.15) is 37.7 Å². The molecule has 0 atom stereocenters. The van der Waals surface area contributed by atoms with E-state index in [1.165, 1.54) is 7.11 Å². The van der Waals surface area contributed by atoms with Gasteiger partial charge in [0.15, 0.2) is 5.69 Å². The van der Waals surface area contributed by atoms with Gasteiger partial charge in [-0.3, -0.25) is 0 Å². The van der Waals surface area contributed by atoms with Gasteiger partial charge in [-0.15, -0.1) is 5.10 Å². The predicted octanol–water partition coefficient (Wildman–Crippen LogP) is 1.21. The number of aromatic nitrogens is 3. The van der Waals surface area contributed by atoms with Crippen molar-refractivity contribution in [2.45, 2.75) is 32.7 Å². The SMILES string of the molecule is CCC(C)(C)n1cc(C(=O)OC)nn1. The minimum atomic E-state index is -0.455. The quantitative estimate of drug-likeness (QED) is 0.683. The highest BCUT2D eigenvalue weighted by Gasteiger charge is 2.21. The molecule has 0 saturated carbocycles. The summed E-state index contributed by atoms with van der Waals surface area (Å²) in [6.07, 6.45) is 2.52. The normalized spacial score (nSPS) is 11.4. The Balaban J connectivity index is 2.93. The Hall–Kier alpha value is -1.39. The maximum Gasteiger partial charge on any atom is 0.360 e. The van der Waals surface area contributed by atoms with Crippen LogP contribution in [0.5, 0.6) is 0 Å². The maximum absolute atomic E-state index is 11.1. The lowest BCUT2D eigenvalue weighted by Gasteiger charge is -2.21. The molecule has 14 heavy (non-hydrogen) atoms. The lowest BCUT2D eigenvalue weighted by molar-refractivity contribution is 0.0594. The highest BCUT2D eigenvalue weighted by molar-refractivity contribution is 5.86. The number of carbonyl (C=O) groups excluding carboxylic acids is 1. The predicted molar refractivity (Wildman–Crippen MR) is 51.0 cm³/mol. The molecule has 0 amide bonds. The van der Waals surface area contributed by atoms with Crippen molar-refractivity contribution in [3.63, 3.8) is 0 Å². The summed E-state index contributed by atoms with van der Waals surface area (Å²) in [6, 6.07) is 0. The summed E-state index contributed by atoms with van der Waals surface area (Å²) in [5, 5.41) is 7.63. The topological polar surface area (TPSA) is 57.0 Å². The molecular formula is C9H15N3O2. The van der Waals surface area contributed by atoms with Crippen molar-refractivity contribution in [2.75, 3.05) is 7.11 Å². The molecule has 1 rings (SSSR count). The average Bonchev–Trinajstić information content (AvgIpc) is 2.66. The second-order valence-electron chi connectivity index (χ2n) is 3.71. The van der Waals surface area contributed by atoms with Crippen LogP contribution < -0.4 is 0 Å². The van der Waals surface area contributed by atoms with E-state index in [1.807, 2.05) is 13.8 Å². The molecule has 0 spiro atoms. The molecule has 5 heteroatoms. The Bertz CT molecular complexity index is 331. The first-order valence-corrected chi connectivity index (χ1v) is 4.52. The van der Waals surface area contributed by atoms with Gasteiger partial charge in [0.2, 0.25) is 0 Å². The third-order valence-electron chi connectivity index (χ3n) is 2.37. The van der Waals surface area contributed by atoms with E-state index < -0.39 is 5.97 Å². The molecule has 0 radical (unpaired) electrons. The van der Waals surface area contributed by atoms with Gasteiger partial charge >= 0.3 is 5.97 Å². The Labute approximate surface area is 83.1 Å². The summed E-state index contributed by atoms with van der Waals surface area (Å²) < 4.78 is 6.22. The summed E-state index contributed by atoms with van der Waals surface area (Å²) in [6.45, 7) is 6.12. The molecule has 78 valence electrons. The number of methoxy groups -OCH3 is 1. The van der Waals surface area contributed by atoms with E-state index in [1.54, 1.807) is 10.9 Å². The number of hydrogen-bond donors (Lipinski definition) is 0. The van der Waals surface area contributed by atoms with Crippen LogP contribution in [-0.4, -0.2) is 28.1 Å². The van der Waals surface area contributed by atoms with E-state index in [0.717, 1.165) is 6.42 Å². The molecule has 1 aromatic heterocycles. The van der Waals surface area contributed by atoms with Gasteiger partial charge in [0.1, 0.15) is 0 Å². The molecule has 0 aliphatic heterocycles. The van der Waals surface area contributed by atoms with E-state index in [0.29, 0.717) is 0 Å². The van der Waals surface area contributed by atoms with Crippen molar-refractivity contribution in [2.24, 2.45) is 0 Å². The zero-order valence-electron chi connectivity index (χ0n) is 8.94. The molecule has 0 aliphatic carbocycles. The fourth-order valence-corrected chi connectivity index (χ4v) is 0.920. The molecule has 0 fully saturated rings. The first-order chi connectivity index (χ1) is 6.51. The molecule has 0 bridgehead atoms. The Morgan fingerprint density at radius 1 is 1.64 bits per heavy atom. The second-order valence-corrected chi connectivity index (χ2v) is 3.71. The lowest BCUT2D eigenvalue weighted by atomic mass is 10.0. The van der Waals surface area contributed by atoms with Crippen LogP contribution in [0.25, 0.3) is 0 Å². The molecule has 1 aromatic rings. The van der Waals surface area contributed by atoms with Gasteiger partial charge < -0.3 is 4.74 Å². The maximum atomic E-state index is 11.1. The standard InChI is InChI=1S/C9H15N3O2/c1-5-9(2,3)12-6-7(10-11-12)8(13)14-4/h6H,5H2,1-4H3. The van der Waals surface area contributed by atoms with Gasteiger partial charge in [0.05, 0.1) is 18.8 Å². The molecule has 0 aliphatic rings. The van der Waals surface area contributed by atoms with E-state index in [9.17, 15) is 4.79 Å². The average molecular weight is 197 g/mol. The number of rotatable bonds is 3. The van der Waals surface area contributed by atoms with Gasteiger partial charge in [0, 0.05) is 0 Å². The van der Waals surface area contributed by atoms with Gasteiger partial charge in [-0.05, 0) is 20.3 Å². The molecule has 0 saturated heterocycles. The third kappa shape index (κ3) is 1.92. The van der Waals surface area contributed by atoms with Crippen molar-refractivity contribution in [3.8, 4) is 0 Å². The minimum absolute atomic E-state index is 0.126. The van der Waals surface area contributed by atoms with Crippen LogP contribution in [-0.2, 0) is 10.3 Å². The van der Waals surface area contributed by atoms with Gasteiger partial charge in [-0.1, -0.05) is 12.1 Å².